The van der Waals surface area contributed by atoms with Crippen LogP contribution in [0.5, 0.6) is 0 Å². The summed E-state index contributed by atoms with van der Waals surface area (Å²) >= 11 is 0. The fourth-order valence-electron chi connectivity index (χ4n) is 3.60. The maximum Gasteiger partial charge on any atom is 0.251 e. The number of hydrogen-bond acceptors (Lipinski definition) is 4. The van der Waals surface area contributed by atoms with E-state index in [0.717, 1.165) is 25.7 Å². The summed E-state index contributed by atoms with van der Waals surface area (Å²) in [6.07, 6.45) is 5.64. The molecule has 0 aromatic heterocycles. The van der Waals surface area contributed by atoms with E-state index >= 15 is 0 Å². The Kier molecular flexibility index (Phi) is 8.25. The summed E-state index contributed by atoms with van der Waals surface area (Å²) in [5.74, 6) is -0.436. The smallest absolute Gasteiger partial charge is 0.251 e. The number of rotatable bonds is 8. The fraction of sp³-hybridized carbons (Fsp3) is 0.400. The molecule has 1 aliphatic rings. The van der Waals surface area contributed by atoms with Crippen LogP contribution in [0.2, 0.25) is 0 Å². The molecule has 2 aromatic carbocycles. The quantitative estimate of drug-likeness (QED) is 0.493. The number of hydrogen-bond donors (Lipinski definition) is 4. The maximum atomic E-state index is 12.5. The number of benzene rings is 2. The van der Waals surface area contributed by atoms with Crippen LogP contribution in [0.4, 0.5) is 17.1 Å². The van der Waals surface area contributed by atoms with Crippen molar-refractivity contribution in [3.8, 4) is 0 Å². The normalized spacial score (nSPS) is 14.0. The van der Waals surface area contributed by atoms with Crippen LogP contribution in [0, 0.1) is 5.92 Å². The summed E-state index contributed by atoms with van der Waals surface area (Å²) < 4.78 is 0. The molecule has 7 heteroatoms. The minimum absolute atomic E-state index is 0.0550. The summed E-state index contributed by atoms with van der Waals surface area (Å²) in [5.41, 5.74) is 2.62. The van der Waals surface area contributed by atoms with E-state index in [0.29, 0.717) is 22.6 Å². The molecule has 170 valence electrons. The second-order valence-corrected chi connectivity index (χ2v) is 8.51. The van der Waals surface area contributed by atoms with Gasteiger partial charge in [0, 0.05) is 34.6 Å². The van der Waals surface area contributed by atoms with Gasteiger partial charge < -0.3 is 21.3 Å². The minimum atomic E-state index is -0.207. The van der Waals surface area contributed by atoms with Crippen LogP contribution in [-0.2, 0) is 9.59 Å². The van der Waals surface area contributed by atoms with E-state index in [1.54, 1.807) is 42.5 Å². The van der Waals surface area contributed by atoms with Crippen molar-refractivity contribution >= 4 is 34.8 Å². The monoisotopic (exact) mass is 436 g/mol. The Morgan fingerprint density at radius 1 is 0.875 bits per heavy atom. The van der Waals surface area contributed by atoms with Crippen LogP contribution in [0.3, 0.4) is 0 Å². The van der Waals surface area contributed by atoms with Crippen LogP contribution >= 0.6 is 0 Å². The van der Waals surface area contributed by atoms with Crippen molar-refractivity contribution in [3.63, 3.8) is 0 Å². The highest BCUT2D eigenvalue weighted by Gasteiger charge is 2.17. The van der Waals surface area contributed by atoms with E-state index < -0.39 is 0 Å². The Hall–Kier alpha value is -3.35. The van der Waals surface area contributed by atoms with Crippen LogP contribution in [0.15, 0.2) is 48.5 Å². The minimum Gasteiger partial charge on any atom is -0.376 e. The molecular weight excluding hydrogens is 404 g/mol. The first-order valence-electron chi connectivity index (χ1n) is 11.3. The lowest BCUT2D eigenvalue weighted by Crippen LogP contribution is -2.36. The molecule has 3 amide bonds. The third kappa shape index (κ3) is 7.11. The highest BCUT2D eigenvalue weighted by molar-refractivity contribution is 5.97. The van der Waals surface area contributed by atoms with Gasteiger partial charge in [0.15, 0.2) is 0 Å². The molecule has 0 saturated heterocycles. The SMILES string of the molecule is CC(C)C(=O)Nc1ccc(NC(=O)CNc2cccc(C(=O)NC3CCCCC3)c2)cc1. The molecule has 0 spiro atoms. The number of carbonyl (C=O) groups is 3. The van der Waals surface area contributed by atoms with Crippen LogP contribution < -0.4 is 21.3 Å². The van der Waals surface area contributed by atoms with Crippen molar-refractivity contribution < 1.29 is 14.4 Å². The van der Waals surface area contributed by atoms with Gasteiger partial charge in [0.1, 0.15) is 0 Å². The molecule has 0 aliphatic heterocycles. The standard InChI is InChI=1S/C25H32N4O3/c1-17(2)24(31)28-21-13-11-20(12-14-21)27-23(30)16-26-22-10-6-7-18(15-22)25(32)29-19-8-4-3-5-9-19/h6-7,10-15,17,19,26H,3-5,8-9,16H2,1-2H3,(H,27,30)(H,28,31)(H,29,32). The molecular formula is C25H32N4O3. The van der Waals surface area contributed by atoms with Crippen molar-refractivity contribution in [1.29, 1.82) is 0 Å². The van der Waals surface area contributed by atoms with Gasteiger partial charge in [-0.2, -0.15) is 0 Å². The molecule has 1 fully saturated rings. The second kappa shape index (κ2) is 11.3. The molecule has 3 rings (SSSR count). The summed E-state index contributed by atoms with van der Waals surface area (Å²) in [7, 11) is 0. The fourth-order valence-corrected chi connectivity index (χ4v) is 3.60. The molecule has 32 heavy (non-hydrogen) atoms. The Morgan fingerprint density at radius 2 is 1.53 bits per heavy atom. The Morgan fingerprint density at radius 3 is 2.19 bits per heavy atom. The maximum absolute atomic E-state index is 12.5. The number of nitrogens with one attached hydrogen (secondary N) is 4. The summed E-state index contributed by atoms with van der Waals surface area (Å²) in [6, 6.07) is 14.4. The Bertz CT molecular complexity index is 934. The first-order chi connectivity index (χ1) is 15.4. The van der Waals surface area contributed by atoms with E-state index in [1.807, 2.05) is 19.9 Å². The van der Waals surface area contributed by atoms with Crippen molar-refractivity contribution in [2.45, 2.75) is 52.0 Å². The molecule has 0 heterocycles. The van der Waals surface area contributed by atoms with E-state index in [1.165, 1.54) is 6.42 Å². The predicted octanol–water partition coefficient (Wildman–Crippen LogP) is 4.39. The van der Waals surface area contributed by atoms with Crippen molar-refractivity contribution in [2.24, 2.45) is 5.92 Å². The zero-order chi connectivity index (χ0) is 22.9. The van der Waals surface area contributed by atoms with Gasteiger partial charge >= 0.3 is 0 Å². The van der Waals surface area contributed by atoms with E-state index in [4.69, 9.17) is 0 Å². The molecule has 0 radical (unpaired) electrons. The topological polar surface area (TPSA) is 99.3 Å². The number of carbonyl (C=O) groups excluding carboxylic acids is 3. The molecule has 4 N–H and O–H groups in total. The Labute approximate surface area is 189 Å². The van der Waals surface area contributed by atoms with Gasteiger partial charge in [0.2, 0.25) is 11.8 Å². The van der Waals surface area contributed by atoms with Crippen molar-refractivity contribution in [1.82, 2.24) is 5.32 Å². The van der Waals surface area contributed by atoms with Gasteiger partial charge in [-0.25, -0.2) is 0 Å². The molecule has 0 bridgehead atoms. The molecule has 7 nitrogen and oxygen atoms in total. The summed E-state index contributed by atoms with van der Waals surface area (Å²) in [4.78, 5) is 36.6. The number of anilines is 3. The van der Waals surface area contributed by atoms with Crippen molar-refractivity contribution in [2.75, 3.05) is 22.5 Å². The van der Waals surface area contributed by atoms with Gasteiger partial charge in [-0.3, -0.25) is 14.4 Å². The van der Waals surface area contributed by atoms with E-state index in [-0.39, 0.29) is 36.2 Å². The van der Waals surface area contributed by atoms with Crippen LogP contribution in [0.25, 0.3) is 0 Å². The second-order valence-electron chi connectivity index (χ2n) is 8.51. The first-order valence-corrected chi connectivity index (χ1v) is 11.3. The van der Waals surface area contributed by atoms with E-state index in [2.05, 4.69) is 21.3 Å². The molecule has 0 unspecified atom stereocenters. The predicted molar refractivity (Wildman–Crippen MR) is 128 cm³/mol. The number of amides is 3. The zero-order valence-electron chi connectivity index (χ0n) is 18.7. The van der Waals surface area contributed by atoms with Gasteiger partial charge in [-0.15, -0.1) is 0 Å². The lowest BCUT2D eigenvalue weighted by molar-refractivity contribution is -0.119. The third-order valence-electron chi connectivity index (χ3n) is 5.48. The van der Waals surface area contributed by atoms with Crippen LogP contribution in [-0.4, -0.2) is 30.3 Å². The van der Waals surface area contributed by atoms with Crippen LogP contribution in [0.1, 0.15) is 56.3 Å². The van der Waals surface area contributed by atoms with Crippen molar-refractivity contribution in [3.05, 3.63) is 54.1 Å². The lowest BCUT2D eigenvalue weighted by atomic mass is 9.95. The largest absolute Gasteiger partial charge is 0.376 e. The van der Waals surface area contributed by atoms with Gasteiger partial charge in [-0.05, 0) is 55.3 Å². The highest BCUT2D eigenvalue weighted by Crippen LogP contribution is 2.19. The molecule has 1 saturated carbocycles. The highest BCUT2D eigenvalue weighted by atomic mass is 16.2. The van der Waals surface area contributed by atoms with Gasteiger partial charge in [0.05, 0.1) is 6.54 Å². The molecule has 0 atom stereocenters. The first kappa shape index (κ1) is 23.3. The van der Waals surface area contributed by atoms with E-state index in [9.17, 15) is 14.4 Å². The lowest BCUT2D eigenvalue weighted by Gasteiger charge is -2.22. The third-order valence-corrected chi connectivity index (χ3v) is 5.48. The van der Waals surface area contributed by atoms with Gasteiger partial charge in [0.25, 0.3) is 5.91 Å². The molecule has 1 aliphatic carbocycles. The molecule has 2 aromatic rings. The average molecular weight is 437 g/mol. The zero-order valence-corrected chi connectivity index (χ0v) is 18.7. The Balaban J connectivity index is 1.47. The summed E-state index contributed by atoms with van der Waals surface area (Å²) in [5, 5.41) is 11.8. The van der Waals surface area contributed by atoms with Gasteiger partial charge in [-0.1, -0.05) is 39.2 Å². The summed E-state index contributed by atoms with van der Waals surface area (Å²) in [6.45, 7) is 3.73. The average Bonchev–Trinajstić information content (AvgIpc) is 2.80.